The molecule has 0 aromatic heterocycles. The van der Waals surface area contributed by atoms with E-state index in [1.54, 1.807) is 0 Å². The summed E-state index contributed by atoms with van der Waals surface area (Å²) in [6.07, 6.45) is 5.95. The van der Waals surface area contributed by atoms with Gasteiger partial charge in [-0.2, -0.15) is 0 Å². The summed E-state index contributed by atoms with van der Waals surface area (Å²) in [6, 6.07) is 0. The molecular formula is C20H36O7. The van der Waals surface area contributed by atoms with Gasteiger partial charge in [0.2, 0.25) is 0 Å². The van der Waals surface area contributed by atoms with Gasteiger partial charge in [-0.3, -0.25) is 14.4 Å². The van der Waals surface area contributed by atoms with Crippen molar-refractivity contribution in [3.05, 3.63) is 0 Å². The summed E-state index contributed by atoms with van der Waals surface area (Å²) in [7, 11) is 0. The topological polar surface area (TPSA) is 99.1 Å². The summed E-state index contributed by atoms with van der Waals surface area (Å²) in [5.74, 6) is -1.18. The third-order valence-corrected chi connectivity index (χ3v) is 4.10. The Morgan fingerprint density at radius 3 is 1.48 bits per heavy atom. The SMILES string of the molecule is CCCCCCC(=O)OCC(CO)(COC(=O)CCC)COC(=O)CCC. The summed E-state index contributed by atoms with van der Waals surface area (Å²) in [4.78, 5) is 35.3. The molecule has 0 bridgehead atoms. The second kappa shape index (κ2) is 15.4. The third kappa shape index (κ3) is 12.4. The molecular weight excluding hydrogens is 352 g/mol. The van der Waals surface area contributed by atoms with Gasteiger partial charge in [0.05, 0.1) is 12.0 Å². The fourth-order valence-electron chi connectivity index (χ4n) is 2.28. The molecule has 7 nitrogen and oxygen atoms in total. The number of hydrogen-bond donors (Lipinski definition) is 1. The normalized spacial score (nSPS) is 11.1. The number of esters is 3. The lowest BCUT2D eigenvalue weighted by molar-refractivity contribution is -0.165. The second-order valence-corrected chi connectivity index (χ2v) is 6.95. The Morgan fingerprint density at radius 2 is 1.11 bits per heavy atom. The number of rotatable bonds is 16. The molecule has 0 aliphatic carbocycles. The molecule has 0 aliphatic rings. The van der Waals surface area contributed by atoms with Gasteiger partial charge in [-0.25, -0.2) is 0 Å². The monoisotopic (exact) mass is 388 g/mol. The van der Waals surface area contributed by atoms with Gasteiger partial charge < -0.3 is 19.3 Å². The number of unbranched alkanes of at least 4 members (excludes halogenated alkanes) is 3. The minimum absolute atomic E-state index is 0.172. The van der Waals surface area contributed by atoms with E-state index in [1.807, 2.05) is 13.8 Å². The van der Waals surface area contributed by atoms with E-state index in [0.717, 1.165) is 25.7 Å². The Hall–Kier alpha value is -1.63. The van der Waals surface area contributed by atoms with Gasteiger partial charge in [0.1, 0.15) is 19.8 Å². The average molecular weight is 389 g/mol. The molecule has 0 atom stereocenters. The number of aliphatic hydroxyl groups excluding tert-OH is 1. The van der Waals surface area contributed by atoms with Crippen molar-refractivity contribution in [1.29, 1.82) is 0 Å². The predicted molar refractivity (Wildman–Crippen MR) is 101 cm³/mol. The highest BCUT2D eigenvalue weighted by Crippen LogP contribution is 2.20. The number of aliphatic hydroxyl groups is 1. The van der Waals surface area contributed by atoms with E-state index < -0.39 is 24.0 Å². The van der Waals surface area contributed by atoms with Gasteiger partial charge >= 0.3 is 17.9 Å². The molecule has 0 aromatic carbocycles. The zero-order valence-electron chi connectivity index (χ0n) is 17.1. The molecule has 0 aliphatic heterocycles. The number of ether oxygens (including phenoxy) is 3. The van der Waals surface area contributed by atoms with Crippen molar-refractivity contribution < 1.29 is 33.7 Å². The Morgan fingerprint density at radius 1 is 0.667 bits per heavy atom. The van der Waals surface area contributed by atoms with Gasteiger partial charge in [0.25, 0.3) is 0 Å². The number of carbonyl (C=O) groups excluding carboxylic acids is 3. The van der Waals surface area contributed by atoms with Gasteiger partial charge in [-0.05, 0) is 19.3 Å². The zero-order chi connectivity index (χ0) is 20.5. The summed E-state index contributed by atoms with van der Waals surface area (Å²) < 4.78 is 15.7. The Kier molecular flexibility index (Phi) is 14.5. The highest BCUT2D eigenvalue weighted by molar-refractivity contribution is 5.70. The molecule has 0 unspecified atom stereocenters. The fraction of sp³-hybridized carbons (Fsp3) is 0.850. The van der Waals surface area contributed by atoms with E-state index in [4.69, 9.17) is 14.2 Å². The lowest BCUT2D eigenvalue weighted by Gasteiger charge is -2.30. The Labute approximate surface area is 162 Å². The van der Waals surface area contributed by atoms with Crippen molar-refractivity contribution >= 4 is 17.9 Å². The lowest BCUT2D eigenvalue weighted by Crippen LogP contribution is -2.42. The predicted octanol–water partition coefficient (Wildman–Crippen LogP) is 3.17. The first-order valence-electron chi connectivity index (χ1n) is 10.0. The van der Waals surface area contributed by atoms with Crippen LogP contribution in [0.4, 0.5) is 0 Å². The molecule has 1 N–H and O–H groups in total. The van der Waals surface area contributed by atoms with Crippen LogP contribution in [-0.4, -0.2) is 49.4 Å². The summed E-state index contributed by atoms with van der Waals surface area (Å²) in [5, 5.41) is 9.85. The molecule has 27 heavy (non-hydrogen) atoms. The highest BCUT2D eigenvalue weighted by Gasteiger charge is 2.35. The minimum atomic E-state index is -1.15. The van der Waals surface area contributed by atoms with Gasteiger partial charge in [-0.1, -0.05) is 40.0 Å². The summed E-state index contributed by atoms with van der Waals surface area (Å²) in [6.45, 7) is 4.84. The number of carbonyl (C=O) groups is 3. The molecule has 0 rings (SSSR count). The Bertz CT molecular complexity index is 412. The van der Waals surface area contributed by atoms with Crippen LogP contribution in [0.1, 0.15) is 78.6 Å². The van der Waals surface area contributed by atoms with E-state index in [0.29, 0.717) is 19.3 Å². The van der Waals surface area contributed by atoms with Crippen molar-refractivity contribution in [1.82, 2.24) is 0 Å². The first-order chi connectivity index (χ1) is 12.9. The molecule has 158 valence electrons. The standard InChI is InChI=1S/C20H36O7/c1-4-7-8-9-12-19(24)27-16-20(13-21,14-25-17(22)10-5-2)15-26-18(23)11-6-3/h21H,4-16H2,1-3H3. The summed E-state index contributed by atoms with van der Waals surface area (Å²) in [5.41, 5.74) is -1.15. The van der Waals surface area contributed by atoms with Gasteiger partial charge in [0, 0.05) is 19.3 Å². The van der Waals surface area contributed by atoms with Crippen molar-refractivity contribution in [3.63, 3.8) is 0 Å². The van der Waals surface area contributed by atoms with Crippen LogP contribution in [0.25, 0.3) is 0 Å². The van der Waals surface area contributed by atoms with Crippen molar-refractivity contribution in [2.24, 2.45) is 5.41 Å². The van der Waals surface area contributed by atoms with Crippen LogP contribution in [0, 0.1) is 5.41 Å². The molecule has 0 amide bonds. The van der Waals surface area contributed by atoms with Crippen LogP contribution in [0.5, 0.6) is 0 Å². The first-order valence-corrected chi connectivity index (χ1v) is 10.0. The van der Waals surface area contributed by atoms with Crippen LogP contribution >= 0.6 is 0 Å². The molecule has 7 heteroatoms. The van der Waals surface area contributed by atoms with E-state index in [1.165, 1.54) is 0 Å². The Balaban J connectivity index is 4.73. The smallest absolute Gasteiger partial charge is 0.305 e. The molecule has 0 saturated heterocycles. The maximum absolute atomic E-state index is 11.9. The van der Waals surface area contributed by atoms with Crippen LogP contribution in [-0.2, 0) is 28.6 Å². The highest BCUT2D eigenvalue weighted by atomic mass is 16.6. The van der Waals surface area contributed by atoms with E-state index in [-0.39, 0.29) is 38.6 Å². The maximum Gasteiger partial charge on any atom is 0.305 e. The summed E-state index contributed by atoms with van der Waals surface area (Å²) >= 11 is 0. The average Bonchev–Trinajstić information content (AvgIpc) is 2.65. The molecule has 0 heterocycles. The molecule has 0 aromatic rings. The van der Waals surface area contributed by atoms with E-state index in [2.05, 4.69) is 6.92 Å². The fourth-order valence-corrected chi connectivity index (χ4v) is 2.28. The van der Waals surface area contributed by atoms with E-state index >= 15 is 0 Å². The van der Waals surface area contributed by atoms with Crippen molar-refractivity contribution in [2.75, 3.05) is 26.4 Å². The zero-order valence-corrected chi connectivity index (χ0v) is 17.1. The second-order valence-electron chi connectivity index (χ2n) is 6.95. The molecule has 0 fully saturated rings. The van der Waals surface area contributed by atoms with E-state index in [9.17, 15) is 19.5 Å². The van der Waals surface area contributed by atoms with Crippen molar-refractivity contribution in [2.45, 2.75) is 78.6 Å². The maximum atomic E-state index is 11.9. The largest absolute Gasteiger partial charge is 0.465 e. The van der Waals surface area contributed by atoms with Gasteiger partial charge in [0.15, 0.2) is 0 Å². The molecule has 0 radical (unpaired) electrons. The minimum Gasteiger partial charge on any atom is -0.465 e. The van der Waals surface area contributed by atoms with Crippen LogP contribution in [0.15, 0.2) is 0 Å². The lowest BCUT2D eigenvalue weighted by atomic mass is 9.92. The first kappa shape index (κ1) is 25.4. The van der Waals surface area contributed by atoms with Gasteiger partial charge in [-0.15, -0.1) is 0 Å². The van der Waals surface area contributed by atoms with Crippen LogP contribution in [0.2, 0.25) is 0 Å². The van der Waals surface area contributed by atoms with Crippen LogP contribution in [0.3, 0.4) is 0 Å². The van der Waals surface area contributed by atoms with Crippen LogP contribution < -0.4 is 0 Å². The van der Waals surface area contributed by atoms with Crippen molar-refractivity contribution in [3.8, 4) is 0 Å². The number of hydrogen-bond acceptors (Lipinski definition) is 7. The quantitative estimate of drug-likeness (QED) is 0.246. The molecule has 0 spiro atoms. The third-order valence-electron chi connectivity index (χ3n) is 4.10. The molecule has 0 saturated carbocycles.